The van der Waals surface area contributed by atoms with E-state index in [1.807, 2.05) is 30.3 Å². The van der Waals surface area contributed by atoms with Crippen LogP contribution in [0.2, 0.25) is 0 Å². The van der Waals surface area contributed by atoms with Crippen LogP contribution < -0.4 is 4.74 Å². The molecule has 21 heavy (non-hydrogen) atoms. The van der Waals surface area contributed by atoms with E-state index in [-0.39, 0.29) is 0 Å². The minimum Gasteiger partial charge on any atom is -0.438 e. The van der Waals surface area contributed by atoms with Gasteiger partial charge in [-0.25, -0.2) is 4.98 Å². The molecular formula is C16H18N4O. The van der Waals surface area contributed by atoms with E-state index < -0.39 is 0 Å². The molecule has 0 unspecified atom stereocenters. The minimum absolute atomic E-state index is 0.562. The van der Waals surface area contributed by atoms with Crippen molar-refractivity contribution in [3.8, 4) is 11.6 Å². The summed E-state index contributed by atoms with van der Waals surface area (Å²) in [6.45, 7) is 2.18. The van der Waals surface area contributed by atoms with Crippen molar-refractivity contribution in [1.29, 1.82) is 0 Å². The first kappa shape index (κ1) is 13.5. The molecule has 5 nitrogen and oxygen atoms in total. The van der Waals surface area contributed by atoms with Gasteiger partial charge in [-0.05, 0) is 18.6 Å². The van der Waals surface area contributed by atoms with Crippen molar-refractivity contribution in [1.82, 2.24) is 20.2 Å². The van der Waals surface area contributed by atoms with Crippen LogP contribution in [0, 0.1) is 0 Å². The summed E-state index contributed by atoms with van der Waals surface area (Å²) >= 11 is 0. The molecular weight excluding hydrogens is 264 g/mol. The second-order valence-electron chi connectivity index (χ2n) is 4.95. The highest BCUT2D eigenvalue weighted by Crippen LogP contribution is 2.26. The SMILES string of the molecule is CCCCCc1nc(Oc2ccccc2)c2cn[nH]c2n1. The maximum Gasteiger partial charge on any atom is 0.233 e. The number of nitrogens with one attached hydrogen (secondary N) is 1. The lowest BCUT2D eigenvalue weighted by atomic mass is 10.2. The Balaban J connectivity index is 1.90. The molecule has 3 rings (SSSR count). The number of H-pyrrole nitrogens is 1. The van der Waals surface area contributed by atoms with Gasteiger partial charge < -0.3 is 4.74 Å². The zero-order valence-electron chi connectivity index (χ0n) is 12.0. The Labute approximate surface area is 123 Å². The van der Waals surface area contributed by atoms with Crippen LogP contribution in [0.1, 0.15) is 32.0 Å². The number of rotatable bonds is 6. The Morgan fingerprint density at radius 2 is 1.95 bits per heavy atom. The predicted molar refractivity (Wildman–Crippen MR) is 81.4 cm³/mol. The van der Waals surface area contributed by atoms with Crippen LogP contribution >= 0.6 is 0 Å². The van der Waals surface area contributed by atoms with Crippen LogP contribution in [0.5, 0.6) is 11.6 Å². The fourth-order valence-electron chi connectivity index (χ4n) is 2.18. The second-order valence-corrected chi connectivity index (χ2v) is 4.95. The van der Waals surface area contributed by atoms with E-state index in [4.69, 9.17) is 4.74 Å². The molecule has 1 N–H and O–H groups in total. The fraction of sp³-hybridized carbons (Fsp3) is 0.312. The third-order valence-corrected chi connectivity index (χ3v) is 3.28. The second kappa shape index (κ2) is 6.35. The van der Waals surface area contributed by atoms with E-state index in [1.165, 1.54) is 12.8 Å². The van der Waals surface area contributed by atoms with Gasteiger partial charge >= 0.3 is 0 Å². The minimum atomic E-state index is 0.562. The Kier molecular flexibility index (Phi) is 4.09. The summed E-state index contributed by atoms with van der Waals surface area (Å²) in [6.07, 6.45) is 6.00. The number of aromatic amines is 1. The number of hydrogen-bond donors (Lipinski definition) is 1. The zero-order valence-corrected chi connectivity index (χ0v) is 12.0. The fourth-order valence-corrected chi connectivity index (χ4v) is 2.18. The molecule has 0 aliphatic rings. The highest BCUT2D eigenvalue weighted by atomic mass is 16.5. The molecule has 0 aliphatic heterocycles. The third-order valence-electron chi connectivity index (χ3n) is 3.28. The van der Waals surface area contributed by atoms with Gasteiger partial charge in [0.25, 0.3) is 0 Å². The molecule has 1 aromatic carbocycles. The van der Waals surface area contributed by atoms with Gasteiger partial charge in [0.05, 0.1) is 6.20 Å². The van der Waals surface area contributed by atoms with Gasteiger partial charge in [0.15, 0.2) is 5.65 Å². The smallest absolute Gasteiger partial charge is 0.233 e. The van der Waals surface area contributed by atoms with E-state index in [2.05, 4.69) is 27.1 Å². The van der Waals surface area contributed by atoms with E-state index in [0.717, 1.165) is 35.4 Å². The lowest BCUT2D eigenvalue weighted by Gasteiger charge is -2.07. The molecule has 0 saturated heterocycles. The Morgan fingerprint density at radius 1 is 1.10 bits per heavy atom. The van der Waals surface area contributed by atoms with Crippen molar-refractivity contribution in [2.45, 2.75) is 32.6 Å². The normalized spacial score (nSPS) is 10.9. The van der Waals surface area contributed by atoms with Crippen molar-refractivity contribution in [2.24, 2.45) is 0 Å². The van der Waals surface area contributed by atoms with Crippen molar-refractivity contribution in [3.05, 3.63) is 42.4 Å². The third kappa shape index (κ3) is 3.18. The molecule has 0 spiro atoms. The van der Waals surface area contributed by atoms with Crippen molar-refractivity contribution < 1.29 is 4.74 Å². The summed E-state index contributed by atoms with van der Waals surface area (Å²) < 4.78 is 5.89. The monoisotopic (exact) mass is 282 g/mol. The zero-order chi connectivity index (χ0) is 14.5. The van der Waals surface area contributed by atoms with E-state index in [1.54, 1.807) is 6.20 Å². The summed E-state index contributed by atoms with van der Waals surface area (Å²) in [4.78, 5) is 9.05. The molecule has 0 radical (unpaired) electrons. The van der Waals surface area contributed by atoms with Gasteiger partial charge in [0.2, 0.25) is 5.88 Å². The number of ether oxygens (including phenoxy) is 1. The van der Waals surface area contributed by atoms with Crippen molar-refractivity contribution >= 4 is 11.0 Å². The number of para-hydroxylation sites is 1. The first-order chi connectivity index (χ1) is 10.4. The van der Waals surface area contributed by atoms with Crippen LogP contribution in [-0.4, -0.2) is 20.2 Å². The van der Waals surface area contributed by atoms with Gasteiger partial charge in [-0.1, -0.05) is 38.0 Å². The first-order valence-electron chi connectivity index (χ1n) is 7.29. The number of nitrogens with zero attached hydrogens (tertiary/aromatic N) is 3. The Bertz CT molecular complexity index is 709. The highest BCUT2D eigenvalue weighted by molar-refractivity contribution is 5.79. The predicted octanol–water partition coefficient (Wildman–Crippen LogP) is 3.88. The lowest BCUT2D eigenvalue weighted by molar-refractivity contribution is 0.465. The largest absolute Gasteiger partial charge is 0.438 e. The quantitative estimate of drug-likeness (QED) is 0.697. The molecule has 0 atom stereocenters. The van der Waals surface area contributed by atoms with Gasteiger partial charge in [0, 0.05) is 6.42 Å². The van der Waals surface area contributed by atoms with Gasteiger partial charge in [-0.15, -0.1) is 0 Å². The summed E-state index contributed by atoms with van der Waals surface area (Å²) in [5.74, 6) is 2.12. The van der Waals surface area contributed by atoms with Crippen molar-refractivity contribution in [2.75, 3.05) is 0 Å². The molecule has 2 heterocycles. The van der Waals surface area contributed by atoms with E-state index in [9.17, 15) is 0 Å². The van der Waals surface area contributed by atoms with Crippen molar-refractivity contribution in [3.63, 3.8) is 0 Å². The number of aromatic nitrogens is 4. The standard InChI is InChI=1S/C16H18N4O/c1-2-3-5-10-14-18-15-13(11-17-20-15)16(19-14)21-12-8-6-4-7-9-12/h4,6-9,11H,2-3,5,10H2,1H3,(H,17,18,19,20). The summed E-state index contributed by atoms with van der Waals surface area (Å²) in [5, 5.41) is 7.73. The number of benzene rings is 1. The summed E-state index contributed by atoms with van der Waals surface area (Å²) in [6, 6.07) is 9.64. The molecule has 0 saturated carbocycles. The Hall–Kier alpha value is -2.43. The number of hydrogen-bond acceptors (Lipinski definition) is 4. The molecule has 108 valence electrons. The van der Waals surface area contributed by atoms with Gasteiger partial charge in [-0.3, -0.25) is 5.10 Å². The van der Waals surface area contributed by atoms with Gasteiger partial charge in [-0.2, -0.15) is 10.1 Å². The van der Waals surface area contributed by atoms with E-state index >= 15 is 0 Å². The number of aryl methyl sites for hydroxylation is 1. The van der Waals surface area contributed by atoms with Crippen LogP contribution in [0.15, 0.2) is 36.5 Å². The molecule has 0 amide bonds. The molecule has 3 aromatic rings. The topological polar surface area (TPSA) is 63.7 Å². The van der Waals surface area contributed by atoms with Crippen LogP contribution in [-0.2, 0) is 6.42 Å². The van der Waals surface area contributed by atoms with Crippen LogP contribution in [0.4, 0.5) is 0 Å². The highest BCUT2D eigenvalue weighted by Gasteiger charge is 2.11. The summed E-state index contributed by atoms with van der Waals surface area (Å²) in [7, 11) is 0. The summed E-state index contributed by atoms with van der Waals surface area (Å²) in [5.41, 5.74) is 0.724. The molecule has 0 bridgehead atoms. The number of fused-ring (bicyclic) bond motifs is 1. The maximum atomic E-state index is 5.89. The average molecular weight is 282 g/mol. The number of unbranched alkanes of at least 4 members (excludes halogenated alkanes) is 2. The van der Waals surface area contributed by atoms with Crippen LogP contribution in [0.3, 0.4) is 0 Å². The average Bonchev–Trinajstić information content (AvgIpc) is 2.97. The van der Waals surface area contributed by atoms with E-state index in [0.29, 0.717) is 5.88 Å². The molecule has 5 heteroatoms. The Morgan fingerprint density at radius 3 is 2.76 bits per heavy atom. The van der Waals surface area contributed by atoms with Crippen LogP contribution in [0.25, 0.3) is 11.0 Å². The molecule has 0 aliphatic carbocycles. The molecule has 0 fully saturated rings. The first-order valence-corrected chi connectivity index (χ1v) is 7.29. The van der Waals surface area contributed by atoms with Gasteiger partial charge in [0.1, 0.15) is 17.0 Å². The maximum absolute atomic E-state index is 5.89. The lowest BCUT2D eigenvalue weighted by Crippen LogP contribution is -1.99. The molecule has 2 aromatic heterocycles.